The molecule has 1 aliphatic rings. The summed E-state index contributed by atoms with van der Waals surface area (Å²) in [7, 11) is 1.55. The van der Waals surface area contributed by atoms with Gasteiger partial charge < -0.3 is 25.0 Å². The molecule has 3 N–H and O–H groups in total. The van der Waals surface area contributed by atoms with Crippen molar-refractivity contribution in [2.24, 2.45) is 0 Å². The summed E-state index contributed by atoms with van der Waals surface area (Å²) in [5.41, 5.74) is 1.63. The highest BCUT2D eigenvalue weighted by Crippen LogP contribution is 2.44. The Labute approximate surface area is 255 Å². The van der Waals surface area contributed by atoms with Gasteiger partial charge in [-0.25, -0.2) is 9.78 Å². The SMILES string of the molecule is COc1ccc(C(CC(=O)NCc2csc(C)n2)c2c(O)cc3c(c2O)C(=O)O[C@@H](C)CCCC(=O)CCC/C=C/3)cc1. The van der Waals surface area contributed by atoms with Crippen LogP contribution in [0.15, 0.2) is 41.8 Å². The van der Waals surface area contributed by atoms with Gasteiger partial charge in [0.1, 0.15) is 28.6 Å². The van der Waals surface area contributed by atoms with Gasteiger partial charge in [0, 0.05) is 36.1 Å². The lowest BCUT2D eigenvalue weighted by Crippen LogP contribution is -2.25. The molecule has 0 fully saturated rings. The van der Waals surface area contributed by atoms with E-state index < -0.39 is 23.7 Å². The fourth-order valence-electron chi connectivity index (χ4n) is 5.18. The molecule has 2 atom stereocenters. The Kier molecular flexibility index (Phi) is 10.9. The van der Waals surface area contributed by atoms with Crippen molar-refractivity contribution in [3.63, 3.8) is 0 Å². The number of Topliss-reactive ketones (excluding diaryl/α,β-unsaturated/α-hetero) is 1. The summed E-state index contributed by atoms with van der Waals surface area (Å²) in [6, 6.07) is 8.39. The number of ether oxygens (including phenoxy) is 2. The van der Waals surface area contributed by atoms with Gasteiger partial charge in [0.25, 0.3) is 0 Å². The summed E-state index contributed by atoms with van der Waals surface area (Å²) >= 11 is 1.49. The number of benzene rings is 2. The van der Waals surface area contributed by atoms with Gasteiger partial charge in [-0.3, -0.25) is 9.59 Å². The lowest BCUT2D eigenvalue weighted by Gasteiger charge is -2.23. The molecule has 0 saturated carbocycles. The molecule has 1 unspecified atom stereocenters. The normalized spacial score (nSPS) is 17.7. The number of aromatic nitrogens is 1. The first-order valence-electron chi connectivity index (χ1n) is 14.5. The van der Waals surface area contributed by atoms with Crippen molar-refractivity contribution in [3.05, 3.63) is 74.7 Å². The topological polar surface area (TPSA) is 135 Å². The fraction of sp³-hybridized carbons (Fsp3) is 0.394. The van der Waals surface area contributed by atoms with E-state index in [1.807, 2.05) is 18.4 Å². The van der Waals surface area contributed by atoms with Crippen molar-refractivity contribution in [2.45, 2.75) is 77.4 Å². The number of hydrogen-bond donors (Lipinski definition) is 3. The van der Waals surface area contributed by atoms with Crippen LogP contribution < -0.4 is 10.1 Å². The number of fused-ring (bicyclic) bond motifs is 1. The number of amides is 1. The quantitative estimate of drug-likeness (QED) is 0.271. The number of carbonyl (C=O) groups is 3. The molecular weight excluding hydrogens is 568 g/mol. The third kappa shape index (κ3) is 8.44. The van der Waals surface area contributed by atoms with Crippen LogP contribution in [0, 0.1) is 6.92 Å². The minimum atomic E-state index is -0.804. The fourth-order valence-corrected chi connectivity index (χ4v) is 5.79. The lowest BCUT2D eigenvalue weighted by molar-refractivity contribution is -0.121. The van der Waals surface area contributed by atoms with Crippen molar-refractivity contribution >= 4 is 35.1 Å². The summed E-state index contributed by atoms with van der Waals surface area (Å²) < 4.78 is 11.0. The van der Waals surface area contributed by atoms with Gasteiger partial charge in [0.05, 0.1) is 30.5 Å². The standard InChI is InChI=1S/C33H38N2O7S/c1-20-8-7-11-25(36)10-6-4-5-9-23-16-28(37)31(32(39)30(23)33(40)42-20)27(22-12-14-26(41-3)15-13-22)17-29(38)34-18-24-19-43-21(2)35-24/h5,9,12-16,19-20,27,37,39H,4,6-8,10-11,17-18H2,1-3H3,(H,34,38)/b9-5+/t20-,27?/m0/s1. The number of esters is 1. The number of aryl methyl sites for hydroxylation is 1. The number of methoxy groups -OCH3 is 1. The van der Waals surface area contributed by atoms with Gasteiger partial charge in [-0.1, -0.05) is 24.3 Å². The van der Waals surface area contributed by atoms with E-state index in [0.717, 1.165) is 10.7 Å². The molecule has 2 aromatic carbocycles. The molecule has 43 heavy (non-hydrogen) atoms. The number of hydrogen-bond acceptors (Lipinski definition) is 9. The zero-order valence-corrected chi connectivity index (χ0v) is 25.5. The van der Waals surface area contributed by atoms with Gasteiger partial charge in [-0.2, -0.15) is 0 Å². The second-order valence-corrected chi connectivity index (χ2v) is 11.8. The largest absolute Gasteiger partial charge is 0.507 e. The highest BCUT2D eigenvalue weighted by molar-refractivity contribution is 7.09. The molecule has 10 heteroatoms. The van der Waals surface area contributed by atoms with Crippen LogP contribution in [0.4, 0.5) is 0 Å². The first-order valence-corrected chi connectivity index (χ1v) is 15.3. The molecule has 0 bridgehead atoms. The first kappa shape index (κ1) is 31.7. The molecule has 228 valence electrons. The number of ketones is 1. The Morgan fingerprint density at radius 1 is 1.19 bits per heavy atom. The lowest BCUT2D eigenvalue weighted by atomic mass is 9.84. The van der Waals surface area contributed by atoms with Gasteiger partial charge in [-0.05, 0) is 68.9 Å². The average molecular weight is 607 g/mol. The smallest absolute Gasteiger partial charge is 0.342 e. The average Bonchev–Trinajstić information content (AvgIpc) is 3.39. The van der Waals surface area contributed by atoms with E-state index in [-0.39, 0.29) is 47.1 Å². The van der Waals surface area contributed by atoms with Crippen molar-refractivity contribution in [3.8, 4) is 17.2 Å². The minimum absolute atomic E-state index is 0.0493. The maximum Gasteiger partial charge on any atom is 0.342 e. The van der Waals surface area contributed by atoms with Gasteiger partial charge in [-0.15, -0.1) is 11.3 Å². The van der Waals surface area contributed by atoms with E-state index in [0.29, 0.717) is 49.8 Å². The Balaban J connectivity index is 1.74. The molecule has 1 aliphatic heterocycles. The first-order chi connectivity index (χ1) is 20.7. The van der Waals surface area contributed by atoms with Crippen LogP contribution in [-0.2, 0) is 20.9 Å². The number of allylic oxidation sites excluding steroid dienone is 1. The Bertz CT molecular complexity index is 1480. The number of carbonyl (C=O) groups excluding carboxylic acids is 3. The van der Waals surface area contributed by atoms with Crippen LogP contribution in [0.5, 0.6) is 17.2 Å². The highest BCUT2D eigenvalue weighted by Gasteiger charge is 2.31. The number of rotatable bonds is 7. The minimum Gasteiger partial charge on any atom is -0.507 e. The van der Waals surface area contributed by atoms with Crippen molar-refractivity contribution in [1.29, 1.82) is 0 Å². The number of nitrogens with zero attached hydrogens (tertiary/aromatic N) is 1. The summed E-state index contributed by atoms with van der Waals surface area (Å²) in [5.74, 6) is -1.79. The van der Waals surface area contributed by atoms with E-state index in [4.69, 9.17) is 9.47 Å². The van der Waals surface area contributed by atoms with Crippen LogP contribution in [0.2, 0.25) is 0 Å². The number of aromatic hydroxyl groups is 2. The second kappa shape index (κ2) is 14.8. The van der Waals surface area contributed by atoms with Gasteiger partial charge in [0.15, 0.2) is 0 Å². The molecule has 4 rings (SSSR count). The zero-order chi connectivity index (χ0) is 30.9. The molecule has 0 aliphatic carbocycles. The predicted molar refractivity (Wildman–Crippen MR) is 165 cm³/mol. The van der Waals surface area contributed by atoms with E-state index in [2.05, 4.69) is 10.3 Å². The number of phenols is 2. The maximum atomic E-state index is 13.5. The number of thiazole rings is 1. The maximum absolute atomic E-state index is 13.5. The molecule has 0 spiro atoms. The van der Waals surface area contributed by atoms with E-state index in [1.54, 1.807) is 44.4 Å². The van der Waals surface area contributed by atoms with E-state index in [9.17, 15) is 24.6 Å². The Morgan fingerprint density at radius 2 is 1.93 bits per heavy atom. The highest BCUT2D eigenvalue weighted by atomic mass is 32.1. The van der Waals surface area contributed by atoms with E-state index >= 15 is 0 Å². The summed E-state index contributed by atoms with van der Waals surface area (Å²) in [5, 5.41) is 28.6. The Hall–Kier alpha value is -4.18. The number of nitrogens with one attached hydrogen (secondary N) is 1. The molecule has 0 radical (unpaired) electrons. The molecule has 0 saturated heterocycles. The zero-order valence-electron chi connectivity index (χ0n) is 24.7. The van der Waals surface area contributed by atoms with Crippen molar-refractivity contribution < 1.29 is 34.1 Å². The van der Waals surface area contributed by atoms with Gasteiger partial charge in [0.2, 0.25) is 5.91 Å². The van der Waals surface area contributed by atoms with Crippen molar-refractivity contribution in [2.75, 3.05) is 7.11 Å². The third-order valence-corrected chi connectivity index (χ3v) is 8.26. The molecule has 9 nitrogen and oxygen atoms in total. The Morgan fingerprint density at radius 3 is 2.63 bits per heavy atom. The molecule has 1 amide bonds. The van der Waals surface area contributed by atoms with Crippen LogP contribution in [-0.4, -0.2) is 46.1 Å². The molecule has 3 aromatic rings. The van der Waals surface area contributed by atoms with E-state index in [1.165, 1.54) is 17.4 Å². The molecule has 2 heterocycles. The molecular formula is C33H38N2O7S. The number of phenolic OH excluding ortho intramolecular Hbond substituents is 2. The monoisotopic (exact) mass is 606 g/mol. The third-order valence-electron chi connectivity index (χ3n) is 7.44. The second-order valence-electron chi connectivity index (χ2n) is 10.7. The summed E-state index contributed by atoms with van der Waals surface area (Å²) in [4.78, 5) is 43.2. The van der Waals surface area contributed by atoms with Crippen LogP contribution in [0.3, 0.4) is 0 Å². The summed E-state index contributed by atoms with van der Waals surface area (Å²) in [6.45, 7) is 3.87. The number of cyclic esters (lactones) is 1. The van der Waals surface area contributed by atoms with Crippen molar-refractivity contribution in [1.82, 2.24) is 10.3 Å². The van der Waals surface area contributed by atoms with Crippen LogP contribution >= 0.6 is 11.3 Å². The van der Waals surface area contributed by atoms with Crippen LogP contribution in [0.25, 0.3) is 6.08 Å². The summed E-state index contributed by atoms with van der Waals surface area (Å²) in [6.07, 6.45) is 6.09. The predicted octanol–water partition coefficient (Wildman–Crippen LogP) is 6.19. The molecule has 1 aromatic heterocycles. The van der Waals surface area contributed by atoms with Gasteiger partial charge >= 0.3 is 5.97 Å². The van der Waals surface area contributed by atoms with Crippen LogP contribution in [0.1, 0.15) is 95.5 Å².